The molecule has 302 valence electrons. The van der Waals surface area contributed by atoms with Crippen LogP contribution in [0.5, 0.6) is 0 Å². The summed E-state index contributed by atoms with van der Waals surface area (Å²) in [6.45, 7) is 16.3. The number of carbonyl (C=O) groups is 7. The van der Waals surface area contributed by atoms with Crippen molar-refractivity contribution in [3.05, 3.63) is 0 Å². The van der Waals surface area contributed by atoms with Crippen LogP contribution in [0.3, 0.4) is 0 Å². The molecule has 0 aromatic heterocycles. The number of carbonyl (C=O) groups excluding carboxylic acids is 7. The number of nitrogens with one attached hydrogen (secondary N) is 3. The van der Waals surface area contributed by atoms with Crippen molar-refractivity contribution in [1.29, 1.82) is 0 Å². The Morgan fingerprint density at radius 1 is 0.833 bits per heavy atom. The van der Waals surface area contributed by atoms with Gasteiger partial charge in [0.1, 0.15) is 12.1 Å². The third kappa shape index (κ3) is 8.96. The molecule has 2 heterocycles. The zero-order valence-corrected chi connectivity index (χ0v) is 34.0. The summed E-state index contributed by atoms with van der Waals surface area (Å²) in [5.74, 6) is -3.17. The van der Waals surface area contributed by atoms with Crippen LogP contribution in [-0.2, 0) is 28.8 Å². The molecule has 5 aliphatic rings. The van der Waals surface area contributed by atoms with Gasteiger partial charge in [0, 0.05) is 25.9 Å². The van der Waals surface area contributed by atoms with Gasteiger partial charge in [-0.2, -0.15) is 0 Å². The Balaban J connectivity index is 1.41. The van der Waals surface area contributed by atoms with Crippen LogP contribution < -0.4 is 21.7 Å². The second-order valence-corrected chi connectivity index (χ2v) is 20.2. The average molecular weight is 755 g/mol. The molecule has 5 fully saturated rings. The lowest BCUT2D eigenvalue weighted by molar-refractivity contribution is -0.153. The van der Waals surface area contributed by atoms with Gasteiger partial charge in [-0.1, -0.05) is 93.9 Å². The average Bonchev–Trinajstić information content (AvgIpc) is 3.57. The predicted molar refractivity (Wildman–Crippen MR) is 203 cm³/mol. The van der Waals surface area contributed by atoms with Crippen LogP contribution in [0, 0.1) is 39.4 Å². The summed E-state index contributed by atoms with van der Waals surface area (Å²) in [4.78, 5) is 97.8. The quantitative estimate of drug-likeness (QED) is 0.170. The molecule has 5 rings (SSSR count). The van der Waals surface area contributed by atoms with E-state index in [-0.39, 0.29) is 60.3 Å². The number of ketones is 1. The van der Waals surface area contributed by atoms with E-state index in [9.17, 15) is 28.8 Å². The Bertz CT molecular complexity index is 1490. The van der Waals surface area contributed by atoms with E-state index in [1.165, 1.54) is 4.90 Å². The minimum atomic E-state index is -1.09. The molecule has 0 radical (unpaired) electrons. The molecule has 54 heavy (non-hydrogen) atoms. The summed E-state index contributed by atoms with van der Waals surface area (Å²) in [5, 5.41) is 8.98. The number of nitrogens with two attached hydrogens (primary N) is 1. The molecule has 5 N–H and O–H groups in total. The fourth-order valence-corrected chi connectivity index (χ4v) is 9.92. The lowest BCUT2D eigenvalue weighted by Gasteiger charge is -2.43. The minimum absolute atomic E-state index is 0.0133. The fourth-order valence-electron chi connectivity index (χ4n) is 9.92. The SMILES string of the molecule is CC1(C)CC(=O)N(C[C@@H](NC(=O)N[C@H](C(=O)N2C[C@H]3[C@H](CCC3(C)C)[C@H]2C(=O)NC(CC2CCC2)C(=O)C(N)=O)C2(C)CCCCC2)C(C)(C)C)C(=O)C1. The van der Waals surface area contributed by atoms with E-state index in [4.69, 9.17) is 5.73 Å². The molecule has 2 saturated heterocycles. The molecule has 2 aliphatic heterocycles. The van der Waals surface area contributed by atoms with Crippen molar-refractivity contribution in [3.63, 3.8) is 0 Å². The van der Waals surface area contributed by atoms with E-state index in [0.717, 1.165) is 51.4 Å². The van der Waals surface area contributed by atoms with Gasteiger partial charge in [-0.25, -0.2) is 4.79 Å². The second-order valence-electron chi connectivity index (χ2n) is 20.2. The van der Waals surface area contributed by atoms with Gasteiger partial charge in [0.15, 0.2) is 0 Å². The molecule has 13 heteroatoms. The number of hydrogen-bond acceptors (Lipinski definition) is 7. The Kier molecular flexibility index (Phi) is 12.0. The standard InChI is InChI=1S/C41H66N6O7/c1-38(2,3)28(23-46-29(48)20-39(4,5)21-30(46)49)44-37(54)45-33(41(8)16-10-9-11-17-41)36(53)47-22-26-25(15-18-40(26,6)7)31(47)35(52)43-27(32(50)34(42)51)19-24-13-12-14-24/h24-28,31,33H,9-23H2,1-8H3,(H2,42,51)(H,43,52)(H2,44,45,54)/t25-,26-,27?,28+,31-,33+/m0/s1. The zero-order chi connectivity index (χ0) is 40.0. The highest BCUT2D eigenvalue weighted by Gasteiger charge is 2.58. The number of amides is 7. The number of nitrogens with zero attached hydrogens (tertiary/aromatic N) is 2. The monoisotopic (exact) mass is 754 g/mol. The topological polar surface area (TPSA) is 188 Å². The molecule has 6 atom stereocenters. The summed E-state index contributed by atoms with van der Waals surface area (Å²) in [6.07, 6.45) is 9.49. The highest BCUT2D eigenvalue weighted by molar-refractivity contribution is 6.37. The molecular formula is C41H66N6O7. The Hall–Kier alpha value is -3.51. The Morgan fingerprint density at radius 3 is 1.98 bits per heavy atom. The predicted octanol–water partition coefficient (Wildman–Crippen LogP) is 4.21. The van der Waals surface area contributed by atoms with E-state index in [2.05, 4.69) is 29.8 Å². The first-order chi connectivity index (χ1) is 25.0. The zero-order valence-electron chi connectivity index (χ0n) is 34.0. The third-order valence-electron chi connectivity index (χ3n) is 13.8. The van der Waals surface area contributed by atoms with Gasteiger partial charge in [-0.05, 0) is 71.5 Å². The van der Waals surface area contributed by atoms with Crippen molar-refractivity contribution >= 4 is 41.4 Å². The van der Waals surface area contributed by atoms with Gasteiger partial charge < -0.3 is 26.6 Å². The van der Waals surface area contributed by atoms with Crippen LogP contribution in [-0.4, -0.2) is 88.4 Å². The Morgan fingerprint density at radius 2 is 1.44 bits per heavy atom. The maximum atomic E-state index is 15.1. The number of Topliss-reactive ketones (excluding diaryl/α,β-unsaturated/α-hetero) is 1. The maximum absolute atomic E-state index is 15.1. The number of imide groups is 1. The largest absolute Gasteiger partial charge is 0.363 e. The highest BCUT2D eigenvalue weighted by Crippen LogP contribution is 2.53. The van der Waals surface area contributed by atoms with Gasteiger partial charge in [0.25, 0.3) is 5.91 Å². The molecule has 7 amide bonds. The molecule has 0 bridgehead atoms. The first kappa shape index (κ1) is 41.6. The second kappa shape index (κ2) is 15.6. The first-order valence-electron chi connectivity index (χ1n) is 20.4. The molecule has 0 aromatic carbocycles. The summed E-state index contributed by atoms with van der Waals surface area (Å²) in [5.41, 5.74) is 3.72. The van der Waals surface area contributed by atoms with Crippen LogP contribution in [0.4, 0.5) is 4.79 Å². The smallest absolute Gasteiger partial charge is 0.315 e. The molecule has 13 nitrogen and oxygen atoms in total. The maximum Gasteiger partial charge on any atom is 0.315 e. The number of rotatable bonds is 12. The number of fused-ring (bicyclic) bond motifs is 1. The fraction of sp³-hybridized carbons (Fsp3) is 0.829. The molecule has 0 spiro atoms. The lowest BCUT2D eigenvalue weighted by Crippen LogP contribution is -2.63. The van der Waals surface area contributed by atoms with Gasteiger partial charge in [-0.3, -0.25) is 33.7 Å². The minimum Gasteiger partial charge on any atom is -0.363 e. The van der Waals surface area contributed by atoms with Gasteiger partial charge in [0.05, 0.1) is 12.1 Å². The van der Waals surface area contributed by atoms with Crippen LogP contribution in [0.1, 0.15) is 139 Å². The van der Waals surface area contributed by atoms with Crippen molar-refractivity contribution < 1.29 is 33.6 Å². The summed E-state index contributed by atoms with van der Waals surface area (Å²) in [7, 11) is 0. The van der Waals surface area contributed by atoms with Gasteiger partial charge in [0.2, 0.25) is 29.4 Å². The van der Waals surface area contributed by atoms with Crippen LogP contribution in [0.2, 0.25) is 0 Å². The van der Waals surface area contributed by atoms with Crippen molar-refractivity contribution in [2.45, 2.75) is 163 Å². The van der Waals surface area contributed by atoms with Gasteiger partial charge >= 0.3 is 6.03 Å². The number of primary amides is 1. The van der Waals surface area contributed by atoms with Crippen molar-refractivity contribution in [3.8, 4) is 0 Å². The Labute approximate surface area is 321 Å². The molecule has 1 unspecified atom stereocenters. The molecular weight excluding hydrogens is 688 g/mol. The van der Waals surface area contributed by atoms with Gasteiger partial charge in [-0.15, -0.1) is 0 Å². The van der Waals surface area contributed by atoms with Crippen LogP contribution in [0.25, 0.3) is 0 Å². The molecule has 0 aromatic rings. The normalized spacial score (nSPS) is 28.0. The van der Waals surface area contributed by atoms with Crippen molar-refractivity contribution in [2.75, 3.05) is 13.1 Å². The van der Waals surface area contributed by atoms with E-state index < -0.39 is 64.0 Å². The van der Waals surface area contributed by atoms with E-state index in [1.54, 1.807) is 4.90 Å². The van der Waals surface area contributed by atoms with E-state index in [1.807, 2.05) is 41.5 Å². The number of piperidine rings is 1. The van der Waals surface area contributed by atoms with Crippen LogP contribution in [0.15, 0.2) is 0 Å². The highest BCUT2D eigenvalue weighted by atomic mass is 16.2. The first-order valence-corrected chi connectivity index (χ1v) is 20.4. The third-order valence-corrected chi connectivity index (χ3v) is 13.8. The van der Waals surface area contributed by atoms with Crippen LogP contribution >= 0.6 is 0 Å². The molecule has 3 aliphatic carbocycles. The van der Waals surface area contributed by atoms with Crippen molar-refractivity contribution in [2.24, 2.45) is 45.1 Å². The van der Waals surface area contributed by atoms with Crippen molar-refractivity contribution in [1.82, 2.24) is 25.8 Å². The number of urea groups is 1. The number of likely N-dealkylation sites (tertiary alicyclic amines) is 2. The van der Waals surface area contributed by atoms with E-state index >= 15 is 4.79 Å². The summed E-state index contributed by atoms with van der Waals surface area (Å²) < 4.78 is 0. The lowest BCUT2D eigenvalue weighted by atomic mass is 9.70. The van der Waals surface area contributed by atoms with E-state index in [0.29, 0.717) is 25.8 Å². The molecule has 3 saturated carbocycles. The summed E-state index contributed by atoms with van der Waals surface area (Å²) >= 11 is 0. The number of hydrogen-bond donors (Lipinski definition) is 4. The summed E-state index contributed by atoms with van der Waals surface area (Å²) in [6, 6.07) is -4.09.